The Bertz CT molecular complexity index is 6330. The van der Waals surface area contributed by atoms with Gasteiger partial charge in [-0.2, -0.15) is 0 Å². The largest absolute Gasteiger partial charge is 0.309 e. The van der Waals surface area contributed by atoms with Crippen molar-refractivity contribution in [1.29, 1.82) is 0 Å². The molecule has 0 spiro atoms. The maximum absolute atomic E-state index is 3.60. The summed E-state index contributed by atoms with van der Waals surface area (Å²) in [5, 5.41) is 12.7. The first-order valence-corrected chi connectivity index (χ1v) is 37.2. The lowest BCUT2D eigenvalue weighted by Gasteiger charge is -2.19. The van der Waals surface area contributed by atoms with Crippen LogP contribution in [0, 0.1) is 0 Å². The summed E-state index contributed by atoms with van der Waals surface area (Å²) in [5.74, 6) is 0. The van der Waals surface area contributed by atoms with Crippen molar-refractivity contribution in [1.82, 2.24) is 4.57 Å². The minimum absolute atomic E-state index is 1.07. The van der Waals surface area contributed by atoms with Crippen molar-refractivity contribution in [2.45, 2.75) is 20.3 Å². The number of para-hydroxylation sites is 1. The van der Waals surface area contributed by atoms with Gasteiger partial charge in [-0.3, -0.25) is 0 Å². The van der Waals surface area contributed by atoms with Gasteiger partial charge in [0, 0.05) is 20.9 Å². The van der Waals surface area contributed by atoms with E-state index in [4.69, 9.17) is 0 Å². The van der Waals surface area contributed by atoms with Crippen LogP contribution in [0.4, 0.5) is 0 Å². The van der Waals surface area contributed by atoms with E-state index in [2.05, 4.69) is 421 Å². The molecule has 1 aliphatic rings. The molecule has 1 aliphatic carbocycles. The fourth-order valence-corrected chi connectivity index (χ4v) is 16.1. The van der Waals surface area contributed by atoms with Gasteiger partial charge in [-0.05, 0) is 221 Å². The molecule has 0 unspecified atom stereocenters. The third-order valence-corrected chi connectivity index (χ3v) is 21.1. The molecule has 105 heavy (non-hydrogen) atoms. The molecule has 20 rings (SSSR count). The van der Waals surface area contributed by atoms with E-state index >= 15 is 0 Å². The van der Waals surface area contributed by atoms with Crippen molar-refractivity contribution in [2.24, 2.45) is 0 Å². The predicted octanol–water partition coefficient (Wildman–Crippen LogP) is 29.5. The molecule has 1 heterocycles. The minimum atomic E-state index is 1.07. The van der Waals surface area contributed by atoms with E-state index in [0.717, 1.165) is 16.6 Å². The van der Waals surface area contributed by atoms with Crippen LogP contribution in [0.25, 0.3) is 171 Å². The van der Waals surface area contributed by atoms with Crippen LogP contribution in [-0.2, 0) is 6.42 Å². The van der Waals surface area contributed by atoms with E-state index in [-0.39, 0.29) is 0 Å². The van der Waals surface area contributed by atoms with Gasteiger partial charge in [-0.25, -0.2) is 0 Å². The number of halogens is 1. The molecule has 0 N–H and O–H groups in total. The average Bonchev–Trinajstić information content (AvgIpc) is 1.72. The number of aromatic nitrogens is 1. The van der Waals surface area contributed by atoms with E-state index in [1.54, 1.807) is 0 Å². The van der Waals surface area contributed by atoms with Gasteiger partial charge in [0.1, 0.15) is 0 Å². The lowest BCUT2D eigenvalue weighted by atomic mass is 9.85. The molecule has 1 nitrogen and oxygen atoms in total. The van der Waals surface area contributed by atoms with Crippen molar-refractivity contribution in [3.8, 4) is 106 Å². The molecular formula is C103H74BrN. The lowest BCUT2D eigenvalue weighted by molar-refractivity contribution is 1.18. The summed E-state index contributed by atoms with van der Waals surface area (Å²) >= 11 is 3.60. The molecule has 2 heteroatoms. The minimum Gasteiger partial charge on any atom is -0.309 e. The maximum Gasteiger partial charge on any atom is 0.0541 e. The summed E-state index contributed by atoms with van der Waals surface area (Å²) in [5.41, 5.74) is 29.2. The van der Waals surface area contributed by atoms with Gasteiger partial charge in [0.2, 0.25) is 0 Å². The highest BCUT2D eigenvalue weighted by Crippen LogP contribution is 2.48. The first kappa shape index (κ1) is 65.6. The van der Waals surface area contributed by atoms with Crippen LogP contribution in [0.15, 0.2) is 405 Å². The molecule has 0 atom stereocenters. The normalized spacial score (nSPS) is 11.3. The Kier molecular flexibility index (Phi) is 18.3. The molecule has 0 aliphatic heterocycles. The highest BCUT2D eigenvalue weighted by molar-refractivity contribution is 9.10. The number of hydrogen-bond acceptors (Lipinski definition) is 0. The molecule has 498 valence electrons. The van der Waals surface area contributed by atoms with Gasteiger partial charge in [-0.15, -0.1) is 0 Å². The predicted molar refractivity (Wildman–Crippen MR) is 454 cm³/mol. The Hall–Kier alpha value is -12.7. The number of nitrogens with zero attached hydrogens (tertiary/aromatic N) is 1. The highest BCUT2D eigenvalue weighted by atomic mass is 79.9. The van der Waals surface area contributed by atoms with Gasteiger partial charge in [0.15, 0.2) is 0 Å². The summed E-state index contributed by atoms with van der Waals surface area (Å²) in [6, 6.07) is 145. The smallest absolute Gasteiger partial charge is 0.0541 e. The zero-order valence-electron chi connectivity index (χ0n) is 58.6. The summed E-state index contributed by atoms with van der Waals surface area (Å²) in [6.07, 6.45) is 1.07. The van der Waals surface area contributed by atoms with Crippen LogP contribution in [0.3, 0.4) is 0 Å². The number of benzene rings is 18. The second kappa shape index (κ2) is 29.3. The Balaban J connectivity index is 0.000000128. The van der Waals surface area contributed by atoms with Crippen LogP contribution in [0.2, 0.25) is 0 Å². The monoisotopic (exact) mass is 1400 g/mol. The third kappa shape index (κ3) is 12.7. The van der Waals surface area contributed by atoms with Gasteiger partial charge in [0.25, 0.3) is 0 Å². The van der Waals surface area contributed by atoms with E-state index in [1.807, 2.05) is 13.8 Å². The Labute approximate surface area is 623 Å². The average molecular weight is 1410 g/mol. The molecule has 18 aromatic carbocycles. The third-order valence-electron chi connectivity index (χ3n) is 20.6. The summed E-state index contributed by atoms with van der Waals surface area (Å²) in [7, 11) is 0. The van der Waals surface area contributed by atoms with Crippen molar-refractivity contribution in [3.05, 3.63) is 416 Å². The van der Waals surface area contributed by atoms with E-state index in [9.17, 15) is 0 Å². The van der Waals surface area contributed by atoms with Crippen LogP contribution >= 0.6 is 15.9 Å². The van der Waals surface area contributed by atoms with Gasteiger partial charge < -0.3 is 4.57 Å². The van der Waals surface area contributed by atoms with Crippen molar-refractivity contribution >= 4 is 80.8 Å². The van der Waals surface area contributed by atoms with Crippen LogP contribution in [-0.4, -0.2) is 4.57 Å². The van der Waals surface area contributed by atoms with E-state index in [0.29, 0.717) is 0 Å². The molecule has 0 amide bonds. The van der Waals surface area contributed by atoms with Crippen molar-refractivity contribution in [2.75, 3.05) is 0 Å². The molecule has 0 saturated heterocycles. The first-order chi connectivity index (χ1) is 52.0. The van der Waals surface area contributed by atoms with E-state index < -0.39 is 0 Å². The standard InChI is InChI=1S/C50H33N.C32H21Br.C19H14.C2H6/c1-4-14-34(15-5-1)38-26-30-44-46(33-38)50(36-18-8-3-9-19-36)43-22-11-10-21-42(43)49(44)37-24-28-40(29-25-37)51-47-23-13-12-20-41(47)45-32-39(27-31-48(45)51)35-16-6-2-7-17-35;33-26-18-15-24(16-19-26)31-27-13-7-8-14-28(27)32(23-11-5-2-6-12-23)30-21-25(17-20-29(30)31)22-9-3-1-4-10-22;1-2-6-14(7-3-1)15-10-11-17-12-16-8-4-5-9-18(16)19(17)13-15;1-2/h1-33H;1-21H;1-11,13H,12H2;1-2H3. The van der Waals surface area contributed by atoms with Crippen LogP contribution in [0.5, 0.6) is 0 Å². The second-order valence-electron chi connectivity index (χ2n) is 26.7. The summed E-state index contributed by atoms with van der Waals surface area (Å²) < 4.78 is 3.50. The van der Waals surface area contributed by atoms with Gasteiger partial charge >= 0.3 is 0 Å². The maximum atomic E-state index is 3.60. The SMILES string of the molecule is Brc1ccc(-c2c3ccccc3c(-c3ccccc3)c3cc(-c4ccccc4)ccc23)cc1.CC.c1ccc(-c2ccc3c(-c4ccc(-n5c6ccccc6c6cc(-c7ccccc7)ccc65)cc4)c4ccccc4c(-c4ccccc4)c3c2)cc1.c1ccc(-c2ccc3c(c2)-c2ccccc2C3)cc1. The zero-order valence-corrected chi connectivity index (χ0v) is 60.2. The Morgan fingerprint density at radius 1 is 0.200 bits per heavy atom. The summed E-state index contributed by atoms with van der Waals surface area (Å²) in [6.45, 7) is 4.00. The van der Waals surface area contributed by atoms with Gasteiger partial charge in [0.05, 0.1) is 11.0 Å². The van der Waals surface area contributed by atoms with Crippen molar-refractivity contribution in [3.63, 3.8) is 0 Å². The Morgan fingerprint density at radius 3 is 0.952 bits per heavy atom. The topological polar surface area (TPSA) is 4.93 Å². The zero-order chi connectivity index (χ0) is 70.6. The number of hydrogen-bond donors (Lipinski definition) is 0. The molecule has 0 fully saturated rings. The quantitative estimate of drug-likeness (QED) is 0.127. The molecule has 1 aromatic heterocycles. The van der Waals surface area contributed by atoms with Crippen LogP contribution < -0.4 is 0 Å². The Morgan fingerprint density at radius 2 is 0.495 bits per heavy atom. The molecule has 0 bridgehead atoms. The second-order valence-corrected chi connectivity index (χ2v) is 27.6. The highest BCUT2D eigenvalue weighted by Gasteiger charge is 2.22. The fraction of sp³-hybridized carbons (Fsp3) is 0.0291. The number of fused-ring (bicyclic) bond motifs is 10. The molecular weight excluding hydrogens is 1330 g/mol. The van der Waals surface area contributed by atoms with Crippen LogP contribution in [0.1, 0.15) is 25.0 Å². The van der Waals surface area contributed by atoms with Crippen molar-refractivity contribution < 1.29 is 0 Å². The molecule has 0 saturated carbocycles. The molecule has 0 radical (unpaired) electrons. The lowest BCUT2D eigenvalue weighted by Crippen LogP contribution is -1.95. The number of rotatable bonds is 9. The fourth-order valence-electron chi connectivity index (χ4n) is 15.8. The van der Waals surface area contributed by atoms with Gasteiger partial charge in [-0.1, -0.05) is 369 Å². The van der Waals surface area contributed by atoms with E-state index in [1.165, 1.54) is 176 Å². The summed E-state index contributed by atoms with van der Waals surface area (Å²) in [4.78, 5) is 0. The first-order valence-electron chi connectivity index (χ1n) is 36.4. The molecule has 19 aromatic rings.